The van der Waals surface area contributed by atoms with Crippen molar-refractivity contribution in [1.82, 2.24) is 0 Å². The Balaban J connectivity index is 1.65. The molecule has 33 heavy (non-hydrogen) atoms. The van der Waals surface area contributed by atoms with E-state index < -0.39 is 5.41 Å². The predicted molar refractivity (Wildman–Crippen MR) is 118 cm³/mol. The smallest absolute Gasteiger partial charge is 0.245 e. The molecule has 6 rings (SSSR count). The van der Waals surface area contributed by atoms with Crippen LogP contribution in [0.2, 0.25) is 0 Å². The van der Waals surface area contributed by atoms with Crippen LogP contribution < -0.4 is 26.3 Å². The van der Waals surface area contributed by atoms with Crippen LogP contribution >= 0.6 is 0 Å². The van der Waals surface area contributed by atoms with E-state index in [0.717, 1.165) is 16.3 Å². The van der Waals surface area contributed by atoms with Crippen molar-refractivity contribution >= 4 is 22.4 Å². The number of carbonyl (C=O) groups is 1. The van der Waals surface area contributed by atoms with Crippen LogP contribution in [0.4, 0.5) is 5.69 Å². The van der Waals surface area contributed by atoms with Crippen LogP contribution in [0.15, 0.2) is 71.4 Å². The zero-order valence-corrected chi connectivity index (χ0v) is 17.1. The van der Waals surface area contributed by atoms with Gasteiger partial charge in [0.2, 0.25) is 17.7 Å². The maximum atomic E-state index is 13.5. The summed E-state index contributed by atoms with van der Waals surface area (Å²) >= 11 is 0. The second kappa shape index (κ2) is 6.28. The predicted octanol–water partition coefficient (Wildman–Crippen LogP) is 2.79. The van der Waals surface area contributed by atoms with E-state index in [2.05, 4.69) is 17.5 Å². The van der Waals surface area contributed by atoms with Crippen molar-refractivity contribution in [2.45, 2.75) is 11.8 Å². The molecule has 8 nitrogen and oxygen atoms in total. The number of rotatable bonds is 0. The number of nitriles is 2. The number of ether oxygens (including phenoxy) is 2. The zero-order chi connectivity index (χ0) is 22.9. The van der Waals surface area contributed by atoms with Crippen molar-refractivity contribution in [2.75, 3.05) is 5.32 Å². The summed E-state index contributed by atoms with van der Waals surface area (Å²) in [4.78, 5) is 13.5. The number of benzene rings is 3. The second-order valence-electron chi connectivity index (χ2n) is 8.09. The summed E-state index contributed by atoms with van der Waals surface area (Å²) in [7, 11) is 0. The fourth-order valence-corrected chi connectivity index (χ4v) is 4.92. The standard InChI is InChI=1S/C25H15N5O3/c26-10-15-6-14-5-12-7-17-21(9-13(12)8-20(14)32-22(15)28)33-23(29)18(11-27)25(17)16-3-1-2-4-19(16)30-24(25)31/h1-5,7-9H,6,28-29H2,(H,30,31). The van der Waals surface area contributed by atoms with Crippen LogP contribution in [0, 0.1) is 22.7 Å². The maximum Gasteiger partial charge on any atom is 0.245 e. The molecule has 1 unspecified atom stereocenters. The van der Waals surface area contributed by atoms with E-state index in [4.69, 9.17) is 20.9 Å². The number of hydrogen-bond donors (Lipinski definition) is 3. The Labute approximate surface area is 187 Å². The molecule has 1 atom stereocenters. The normalized spacial score (nSPS) is 20.2. The van der Waals surface area contributed by atoms with Gasteiger partial charge in [-0.15, -0.1) is 0 Å². The van der Waals surface area contributed by atoms with Gasteiger partial charge in [-0.1, -0.05) is 18.2 Å². The van der Waals surface area contributed by atoms with Crippen molar-refractivity contribution < 1.29 is 14.3 Å². The zero-order valence-electron chi connectivity index (χ0n) is 17.1. The van der Waals surface area contributed by atoms with E-state index in [1.54, 1.807) is 12.1 Å². The molecule has 0 radical (unpaired) electrons. The van der Waals surface area contributed by atoms with Crippen molar-refractivity contribution in [3.8, 4) is 23.6 Å². The highest BCUT2D eigenvalue weighted by Crippen LogP contribution is 2.54. The fourth-order valence-electron chi connectivity index (χ4n) is 4.92. The number of hydrogen-bond acceptors (Lipinski definition) is 7. The summed E-state index contributed by atoms with van der Waals surface area (Å²) < 4.78 is 11.5. The molecular weight excluding hydrogens is 418 g/mol. The van der Waals surface area contributed by atoms with Crippen molar-refractivity contribution in [2.24, 2.45) is 11.5 Å². The highest BCUT2D eigenvalue weighted by Gasteiger charge is 2.56. The number of nitrogens with two attached hydrogens (primary N) is 2. The van der Waals surface area contributed by atoms with Gasteiger partial charge in [-0.05, 0) is 41.1 Å². The van der Waals surface area contributed by atoms with E-state index in [-0.39, 0.29) is 23.2 Å². The average Bonchev–Trinajstić information content (AvgIpc) is 3.09. The first-order valence-corrected chi connectivity index (χ1v) is 10.1. The van der Waals surface area contributed by atoms with Crippen LogP contribution in [-0.4, -0.2) is 5.91 Å². The molecule has 1 amide bonds. The number of nitrogens with one attached hydrogen (secondary N) is 1. The van der Waals surface area contributed by atoms with Crippen LogP contribution in [-0.2, 0) is 16.6 Å². The van der Waals surface area contributed by atoms with Gasteiger partial charge in [0.1, 0.15) is 34.6 Å². The molecular formula is C25H15N5O3. The van der Waals surface area contributed by atoms with Gasteiger partial charge in [-0.3, -0.25) is 4.79 Å². The molecule has 0 fully saturated rings. The topological polar surface area (TPSA) is 147 Å². The third-order valence-corrected chi connectivity index (χ3v) is 6.41. The molecule has 0 saturated carbocycles. The number of fused-ring (bicyclic) bond motifs is 6. The summed E-state index contributed by atoms with van der Waals surface area (Å²) in [5, 5.41) is 23.8. The maximum absolute atomic E-state index is 13.5. The first kappa shape index (κ1) is 18.8. The number of amides is 1. The van der Waals surface area contributed by atoms with E-state index in [1.165, 1.54) is 0 Å². The van der Waals surface area contributed by atoms with Gasteiger partial charge in [-0.25, -0.2) is 0 Å². The summed E-state index contributed by atoms with van der Waals surface area (Å²) in [6.45, 7) is 0. The SMILES string of the molecule is N#CC1=C(N)Oc2cc3cc4c(cc3cc2C1)C1(C(=O)Nc2ccccc21)C(C#N)=C(N)O4. The highest BCUT2D eigenvalue weighted by molar-refractivity contribution is 6.13. The minimum Gasteiger partial charge on any atom is -0.440 e. The lowest BCUT2D eigenvalue weighted by atomic mass is 9.68. The third kappa shape index (κ3) is 2.29. The van der Waals surface area contributed by atoms with Gasteiger partial charge >= 0.3 is 0 Å². The molecule has 3 aromatic carbocycles. The Morgan fingerprint density at radius 3 is 2.42 bits per heavy atom. The van der Waals surface area contributed by atoms with Crippen LogP contribution in [0.1, 0.15) is 16.7 Å². The number of anilines is 1. The lowest BCUT2D eigenvalue weighted by molar-refractivity contribution is -0.118. The van der Waals surface area contributed by atoms with Crippen LogP contribution in [0.5, 0.6) is 11.5 Å². The van der Waals surface area contributed by atoms with Crippen LogP contribution in [0.3, 0.4) is 0 Å². The minimum atomic E-state index is -1.42. The fraction of sp³-hybridized carbons (Fsp3) is 0.0800. The highest BCUT2D eigenvalue weighted by atomic mass is 16.5. The molecule has 3 aliphatic heterocycles. The Morgan fingerprint density at radius 1 is 0.909 bits per heavy atom. The molecule has 0 aliphatic carbocycles. The van der Waals surface area contributed by atoms with Gasteiger partial charge in [0.15, 0.2) is 0 Å². The van der Waals surface area contributed by atoms with Crippen molar-refractivity contribution in [3.63, 3.8) is 0 Å². The molecule has 3 aliphatic rings. The van der Waals surface area contributed by atoms with Gasteiger partial charge in [0.05, 0.1) is 5.57 Å². The number of carbonyl (C=O) groups excluding carboxylic acids is 1. The Morgan fingerprint density at radius 2 is 1.64 bits per heavy atom. The summed E-state index contributed by atoms with van der Waals surface area (Å²) in [5.41, 5.74) is 13.6. The van der Waals surface area contributed by atoms with Crippen molar-refractivity contribution in [1.29, 1.82) is 10.5 Å². The minimum absolute atomic E-state index is 0.0422. The molecule has 0 saturated heterocycles. The lowest BCUT2D eigenvalue weighted by Crippen LogP contribution is -2.42. The first-order chi connectivity index (χ1) is 16.0. The molecule has 0 aromatic heterocycles. The monoisotopic (exact) mass is 433 g/mol. The van der Waals surface area contributed by atoms with Crippen LogP contribution in [0.25, 0.3) is 10.8 Å². The molecule has 8 heteroatoms. The second-order valence-corrected chi connectivity index (χ2v) is 8.09. The first-order valence-electron chi connectivity index (χ1n) is 10.1. The Hall–Kier alpha value is -4.95. The third-order valence-electron chi connectivity index (χ3n) is 6.41. The Bertz CT molecular complexity index is 1590. The number of allylic oxidation sites excluding steroid dienone is 1. The quantitative estimate of drug-likeness (QED) is 0.494. The lowest BCUT2D eigenvalue weighted by Gasteiger charge is -2.34. The van der Waals surface area contributed by atoms with Gasteiger partial charge in [0, 0.05) is 28.8 Å². The van der Waals surface area contributed by atoms with E-state index in [1.807, 2.05) is 36.4 Å². The molecule has 5 N–H and O–H groups in total. The molecule has 3 aromatic rings. The summed E-state index contributed by atoms with van der Waals surface area (Å²) in [5.74, 6) is 0.534. The summed E-state index contributed by atoms with van der Waals surface area (Å²) in [6.07, 6.45) is 0.339. The average molecular weight is 433 g/mol. The molecule has 1 spiro atoms. The van der Waals surface area contributed by atoms with Gasteiger partial charge < -0.3 is 26.3 Å². The summed E-state index contributed by atoms with van der Waals surface area (Å²) in [6, 6.07) is 18.7. The molecule has 3 heterocycles. The number of nitrogens with zero attached hydrogens (tertiary/aromatic N) is 2. The molecule has 0 bridgehead atoms. The Kier molecular flexibility index (Phi) is 3.58. The van der Waals surface area contributed by atoms with Gasteiger partial charge in [0.25, 0.3) is 0 Å². The largest absolute Gasteiger partial charge is 0.440 e. The van der Waals surface area contributed by atoms with E-state index in [0.29, 0.717) is 40.3 Å². The van der Waals surface area contributed by atoms with Crippen molar-refractivity contribution in [3.05, 3.63) is 88.1 Å². The van der Waals surface area contributed by atoms with Gasteiger partial charge in [-0.2, -0.15) is 10.5 Å². The molecule has 158 valence electrons. The van der Waals surface area contributed by atoms with E-state index in [9.17, 15) is 15.3 Å². The number of para-hydroxylation sites is 1. The van der Waals surface area contributed by atoms with E-state index >= 15 is 0 Å².